The number of aromatic nitrogens is 4. The van der Waals surface area contributed by atoms with Gasteiger partial charge in [-0.05, 0) is 26.0 Å². The zero-order chi connectivity index (χ0) is 13.6. The minimum atomic E-state index is -0.536. The third-order valence-electron chi connectivity index (χ3n) is 1.80. The van der Waals surface area contributed by atoms with E-state index in [1.54, 1.807) is 20.8 Å². The van der Waals surface area contributed by atoms with Gasteiger partial charge in [-0.3, -0.25) is 0 Å². The van der Waals surface area contributed by atoms with Crippen molar-refractivity contribution < 1.29 is 13.9 Å². The largest absolute Gasteiger partial charge is 0.444 e. The number of alkyl carbamates (subject to hydrolysis) is 1. The van der Waals surface area contributed by atoms with E-state index in [-0.39, 0.29) is 6.54 Å². The van der Waals surface area contributed by atoms with E-state index in [4.69, 9.17) is 4.74 Å². The third kappa shape index (κ3) is 5.55. The molecule has 7 nitrogen and oxygen atoms in total. The van der Waals surface area contributed by atoms with Crippen molar-refractivity contribution in [3.05, 3.63) is 5.82 Å². The molecule has 1 amide bonds. The van der Waals surface area contributed by atoms with E-state index in [1.165, 1.54) is 4.80 Å². The number of rotatable bonds is 5. The lowest BCUT2D eigenvalue weighted by molar-refractivity contribution is 0.0528. The molecule has 0 bridgehead atoms. The van der Waals surface area contributed by atoms with Gasteiger partial charge in [0.15, 0.2) is 5.82 Å². The molecular formula is C10H18FN5O2. The minimum Gasteiger partial charge on any atom is -0.444 e. The molecule has 18 heavy (non-hydrogen) atoms. The van der Waals surface area contributed by atoms with Crippen molar-refractivity contribution in [1.29, 1.82) is 0 Å². The first-order chi connectivity index (χ1) is 8.40. The van der Waals surface area contributed by atoms with Crippen LogP contribution in [0.5, 0.6) is 0 Å². The molecular weight excluding hydrogens is 241 g/mol. The van der Waals surface area contributed by atoms with Crippen LogP contribution in [0.25, 0.3) is 0 Å². The first-order valence-electron chi connectivity index (χ1n) is 5.70. The van der Waals surface area contributed by atoms with Gasteiger partial charge < -0.3 is 10.1 Å². The summed E-state index contributed by atoms with van der Waals surface area (Å²) in [5, 5.41) is 13.9. The molecule has 0 radical (unpaired) electrons. The molecule has 1 N–H and O–H groups in total. The number of ether oxygens (including phenoxy) is 1. The van der Waals surface area contributed by atoms with Crippen LogP contribution in [0.4, 0.5) is 9.18 Å². The predicted octanol–water partition coefficient (Wildman–Crippen LogP) is 0.710. The summed E-state index contributed by atoms with van der Waals surface area (Å²) in [6.07, 6.45) is -0.0652. The van der Waals surface area contributed by atoms with E-state index < -0.39 is 18.4 Å². The molecule has 102 valence electrons. The zero-order valence-corrected chi connectivity index (χ0v) is 10.8. The van der Waals surface area contributed by atoms with Crippen LogP contribution in [0.3, 0.4) is 0 Å². The number of carbonyl (C=O) groups is 1. The van der Waals surface area contributed by atoms with Gasteiger partial charge in [-0.25, -0.2) is 9.18 Å². The summed E-state index contributed by atoms with van der Waals surface area (Å²) < 4.78 is 17.1. The molecule has 0 unspecified atom stereocenters. The Morgan fingerprint density at radius 2 is 2.22 bits per heavy atom. The second-order valence-electron chi connectivity index (χ2n) is 4.67. The fraction of sp³-hybridized carbons (Fsp3) is 0.800. The number of aryl methyl sites for hydroxylation is 1. The lowest BCUT2D eigenvalue weighted by atomic mass is 10.2. The fourth-order valence-electron chi connectivity index (χ4n) is 1.14. The molecule has 0 aromatic carbocycles. The molecule has 0 spiro atoms. The Morgan fingerprint density at radius 1 is 1.50 bits per heavy atom. The van der Waals surface area contributed by atoms with Gasteiger partial charge in [-0.1, -0.05) is 0 Å². The molecule has 0 aliphatic heterocycles. The Hall–Kier alpha value is -1.73. The number of carbonyl (C=O) groups excluding carboxylic acids is 1. The van der Waals surface area contributed by atoms with E-state index in [0.29, 0.717) is 18.8 Å². The van der Waals surface area contributed by atoms with Crippen LogP contribution in [0.15, 0.2) is 0 Å². The van der Waals surface area contributed by atoms with Crippen molar-refractivity contribution in [2.24, 2.45) is 0 Å². The number of alkyl halides is 1. The quantitative estimate of drug-likeness (QED) is 0.842. The number of amides is 1. The maximum atomic E-state index is 12.0. The van der Waals surface area contributed by atoms with Crippen LogP contribution >= 0.6 is 0 Å². The maximum absolute atomic E-state index is 12.0. The molecule has 0 aliphatic rings. The second-order valence-corrected chi connectivity index (χ2v) is 4.67. The van der Waals surface area contributed by atoms with Crippen molar-refractivity contribution >= 4 is 6.09 Å². The van der Waals surface area contributed by atoms with E-state index in [1.807, 2.05) is 0 Å². The summed E-state index contributed by atoms with van der Waals surface area (Å²) in [4.78, 5) is 12.5. The minimum absolute atomic E-state index is 0.0898. The Morgan fingerprint density at radius 3 is 2.83 bits per heavy atom. The van der Waals surface area contributed by atoms with Crippen LogP contribution in [-0.4, -0.2) is 45.1 Å². The molecule has 0 atom stereocenters. The summed E-state index contributed by atoms with van der Waals surface area (Å²) in [7, 11) is 0. The Bertz CT molecular complexity index is 388. The Kier molecular flexibility index (Phi) is 4.99. The van der Waals surface area contributed by atoms with Crippen molar-refractivity contribution in [3.63, 3.8) is 0 Å². The Balaban J connectivity index is 2.26. The molecule has 1 rings (SSSR count). The highest BCUT2D eigenvalue weighted by atomic mass is 19.1. The second kappa shape index (κ2) is 6.27. The monoisotopic (exact) mass is 259 g/mol. The third-order valence-corrected chi connectivity index (χ3v) is 1.80. The molecule has 0 aliphatic carbocycles. The highest BCUT2D eigenvalue weighted by molar-refractivity contribution is 5.67. The number of hydrogen-bond acceptors (Lipinski definition) is 5. The first kappa shape index (κ1) is 14.3. The first-order valence-corrected chi connectivity index (χ1v) is 5.70. The van der Waals surface area contributed by atoms with Crippen LogP contribution in [0.2, 0.25) is 0 Å². The standard InChI is InChI=1S/C10H18FN5O2/c1-10(2,3)18-9(17)12-6-4-8-13-15-16(14-8)7-5-11/h4-7H2,1-3H3,(H,12,17). The van der Waals surface area contributed by atoms with Gasteiger partial charge in [-0.2, -0.15) is 4.80 Å². The topological polar surface area (TPSA) is 81.9 Å². The van der Waals surface area contributed by atoms with Crippen molar-refractivity contribution in [1.82, 2.24) is 25.5 Å². The van der Waals surface area contributed by atoms with E-state index in [2.05, 4.69) is 20.7 Å². The van der Waals surface area contributed by atoms with Crippen LogP contribution in [0.1, 0.15) is 26.6 Å². The van der Waals surface area contributed by atoms with Crippen molar-refractivity contribution in [3.8, 4) is 0 Å². The molecule has 1 heterocycles. The predicted molar refractivity (Wildman–Crippen MR) is 61.7 cm³/mol. The SMILES string of the molecule is CC(C)(C)OC(=O)NCCc1nnn(CCF)n1. The maximum Gasteiger partial charge on any atom is 0.407 e. The van der Waals surface area contributed by atoms with Gasteiger partial charge in [-0.15, -0.1) is 10.2 Å². The highest BCUT2D eigenvalue weighted by Crippen LogP contribution is 2.06. The summed E-state index contributed by atoms with van der Waals surface area (Å²) in [6.45, 7) is 5.26. The van der Waals surface area contributed by atoms with Crippen molar-refractivity contribution in [2.45, 2.75) is 39.3 Å². The van der Waals surface area contributed by atoms with Crippen LogP contribution in [0, 0.1) is 0 Å². The molecule has 0 saturated heterocycles. The molecule has 0 fully saturated rings. The number of nitrogens with one attached hydrogen (secondary N) is 1. The highest BCUT2D eigenvalue weighted by Gasteiger charge is 2.15. The van der Waals surface area contributed by atoms with E-state index in [0.717, 1.165) is 0 Å². The van der Waals surface area contributed by atoms with Gasteiger partial charge in [0.25, 0.3) is 0 Å². The molecule has 0 saturated carbocycles. The lowest BCUT2D eigenvalue weighted by Crippen LogP contribution is -2.33. The molecule has 8 heteroatoms. The van der Waals surface area contributed by atoms with Gasteiger partial charge in [0.1, 0.15) is 12.3 Å². The summed E-state index contributed by atoms with van der Waals surface area (Å²) in [6, 6.07) is 0. The smallest absolute Gasteiger partial charge is 0.407 e. The number of tetrazole rings is 1. The normalized spacial score (nSPS) is 11.3. The van der Waals surface area contributed by atoms with Crippen LogP contribution < -0.4 is 5.32 Å². The van der Waals surface area contributed by atoms with Gasteiger partial charge in [0.2, 0.25) is 0 Å². The zero-order valence-electron chi connectivity index (χ0n) is 10.8. The molecule has 1 aromatic rings. The number of hydrogen-bond donors (Lipinski definition) is 1. The van der Waals surface area contributed by atoms with Gasteiger partial charge in [0.05, 0.1) is 6.54 Å². The summed E-state index contributed by atoms with van der Waals surface area (Å²) in [5.41, 5.74) is -0.521. The summed E-state index contributed by atoms with van der Waals surface area (Å²) >= 11 is 0. The van der Waals surface area contributed by atoms with Gasteiger partial charge >= 0.3 is 6.09 Å². The number of nitrogens with zero attached hydrogens (tertiary/aromatic N) is 4. The average molecular weight is 259 g/mol. The lowest BCUT2D eigenvalue weighted by Gasteiger charge is -2.19. The van der Waals surface area contributed by atoms with E-state index >= 15 is 0 Å². The summed E-state index contributed by atoms with van der Waals surface area (Å²) in [5.74, 6) is 0.458. The Labute approximate surface area is 105 Å². The molecule has 1 aromatic heterocycles. The van der Waals surface area contributed by atoms with Gasteiger partial charge in [0, 0.05) is 13.0 Å². The van der Waals surface area contributed by atoms with Crippen LogP contribution in [-0.2, 0) is 17.7 Å². The average Bonchev–Trinajstić information content (AvgIpc) is 2.63. The fourth-order valence-corrected chi connectivity index (χ4v) is 1.14. The number of halogens is 1. The van der Waals surface area contributed by atoms with Crippen molar-refractivity contribution in [2.75, 3.05) is 13.2 Å². The van der Waals surface area contributed by atoms with E-state index in [9.17, 15) is 9.18 Å².